The zero-order valence-corrected chi connectivity index (χ0v) is 7.18. The number of rotatable bonds is 0. The Balaban J connectivity index is -0.000000101. The van der Waals surface area contributed by atoms with Gasteiger partial charge in [-0.3, -0.25) is 9.59 Å². The highest BCUT2D eigenvalue weighted by molar-refractivity contribution is 5.63. The molecule has 0 amide bonds. The van der Waals surface area contributed by atoms with Gasteiger partial charge >= 0.3 is 0 Å². The van der Waals surface area contributed by atoms with Crippen molar-refractivity contribution in [2.75, 3.05) is 0 Å². The van der Waals surface area contributed by atoms with Crippen LogP contribution in [0.25, 0.3) is 0 Å². The SMILES string of the molecule is CC(=O)O.CC(=O)O.CC(O)O. The maximum absolute atomic E-state index is 9.00. The van der Waals surface area contributed by atoms with Crippen LogP contribution in [0.4, 0.5) is 0 Å². The lowest BCUT2D eigenvalue weighted by molar-refractivity contribution is -0.135. The molecule has 0 aliphatic carbocycles. The molecule has 0 aromatic heterocycles. The minimum absolute atomic E-state index is 0.833. The fraction of sp³-hybridized carbons (Fsp3) is 0.667. The first-order valence-corrected chi connectivity index (χ1v) is 2.95. The summed E-state index contributed by atoms with van der Waals surface area (Å²) >= 11 is 0. The average Bonchev–Trinajstić information content (AvgIpc) is 1.54. The van der Waals surface area contributed by atoms with Crippen molar-refractivity contribution in [3.8, 4) is 0 Å². The van der Waals surface area contributed by atoms with Gasteiger partial charge in [0.05, 0.1) is 0 Å². The number of aliphatic carboxylic acids is 2. The van der Waals surface area contributed by atoms with E-state index < -0.39 is 18.2 Å². The van der Waals surface area contributed by atoms with E-state index in [1.807, 2.05) is 0 Å². The average molecular weight is 182 g/mol. The molecule has 0 aliphatic rings. The highest BCUT2D eigenvalue weighted by Gasteiger charge is 1.70. The predicted octanol–water partition coefficient (Wildman–Crippen LogP) is -0.501. The zero-order valence-electron chi connectivity index (χ0n) is 7.18. The van der Waals surface area contributed by atoms with Gasteiger partial charge in [0.2, 0.25) is 0 Å². The Morgan fingerprint density at radius 1 is 1.00 bits per heavy atom. The van der Waals surface area contributed by atoms with Gasteiger partial charge in [0, 0.05) is 13.8 Å². The molecule has 0 aromatic rings. The van der Waals surface area contributed by atoms with Crippen LogP contribution in [0.15, 0.2) is 0 Å². The molecule has 0 saturated heterocycles. The smallest absolute Gasteiger partial charge is 0.300 e. The molecule has 0 atom stereocenters. The van der Waals surface area contributed by atoms with E-state index in [-0.39, 0.29) is 0 Å². The normalized spacial score (nSPS) is 7.17. The molecule has 0 unspecified atom stereocenters. The summed E-state index contributed by atoms with van der Waals surface area (Å²) in [5, 5.41) is 30.1. The van der Waals surface area contributed by atoms with Crippen LogP contribution >= 0.6 is 0 Å². The van der Waals surface area contributed by atoms with Crippen LogP contribution in [-0.4, -0.2) is 38.7 Å². The summed E-state index contributed by atoms with van der Waals surface area (Å²) in [7, 11) is 0. The summed E-state index contributed by atoms with van der Waals surface area (Å²) in [6.07, 6.45) is -1.17. The quantitative estimate of drug-likeness (QED) is 0.375. The maximum atomic E-state index is 9.00. The monoisotopic (exact) mass is 182 g/mol. The van der Waals surface area contributed by atoms with Crippen LogP contribution < -0.4 is 0 Å². The molecule has 0 bridgehead atoms. The van der Waals surface area contributed by atoms with Crippen molar-refractivity contribution in [2.45, 2.75) is 27.1 Å². The van der Waals surface area contributed by atoms with E-state index in [1.165, 1.54) is 6.92 Å². The maximum Gasteiger partial charge on any atom is 0.300 e. The Morgan fingerprint density at radius 3 is 1.00 bits per heavy atom. The minimum Gasteiger partial charge on any atom is -0.481 e. The van der Waals surface area contributed by atoms with Crippen LogP contribution in [0.5, 0.6) is 0 Å². The van der Waals surface area contributed by atoms with E-state index in [1.54, 1.807) is 0 Å². The number of hydrogen-bond acceptors (Lipinski definition) is 4. The van der Waals surface area contributed by atoms with Gasteiger partial charge in [0.1, 0.15) is 6.29 Å². The zero-order chi connectivity index (χ0) is 10.7. The van der Waals surface area contributed by atoms with Crippen molar-refractivity contribution >= 4 is 11.9 Å². The molecule has 6 heteroatoms. The summed E-state index contributed by atoms with van der Waals surface area (Å²) in [5.74, 6) is -1.67. The van der Waals surface area contributed by atoms with Crippen molar-refractivity contribution in [1.82, 2.24) is 0 Å². The first kappa shape index (κ1) is 17.1. The lowest BCUT2D eigenvalue weighted by Crippen LogP contribution is -1.92. The largest absolute Gasteiger partial charge is 0.481 e. The van der Waals surface area contributed by atoms with E-state index in [2.05, 4.69) is 0 Å². The van der Waals surface area contributed by atoms with Crippen molar-refractivity contribution < 1.29 is 30.0 Å². The third-order valence-corrected chi connectivity index (χ3v) is 0. The lowest BCUT2D eigenvalue weighted by atomic mass is 10.8. The third kappa shape index (κ3) is 421. The molecule has 0 spiro atoms. The standard InChI is InChI=1S/C2H6O2.2C2H4O2/c3*1-2(3)4/h2-4H,1H3;2*1H3,(H,3,4). The van der Waals surface area contributed by atoms with Crippen molar-refractivity contribution in [3.05, 3.63) is 0 Å². The Hall–Kier alpha value is -1.14. The highest BCUT2D eigenvalue weighted by atomic mass is 16.5. The molecule has 0 radical (unpaired) electrons. The molecule has 0 aliphatic heterocycles. The Kier molecular flexibility index (Phi) is 17.8. The molecule has 0 heterocycles. The van der Waals surface area contributed by atoms with Crippen LogP contribution in [0.3, 0.4) is 0 Å². The van der Waals surface area contributed by atoms with Gasteiger partial charge in [0.15, 0.2) is 0 Å². The molecule has 0 saturated carbocycles. The number of carboxylic acid groups (broad SMARTS) is 2. The van der Waals surface area contributed by atoms with Crippen LogP contribution in [-0.2, 0) is 9.59 Å². The molecule has 12 heavy (non-hydrogen) atoms. The molecular formula is C6H14O6. The fourth-order valence-corrected chi connectivity index (χ4v) is 0. The summed E-state index contributed by atoms with van der Waals surface area (Å²) in [4.78, 5) is 18.0. The second-order valence-corrected chi connectivity index (χ2v) is 1.67. The first-order valence-electron chi connectivity index (χ1n) is 2.95. The van der Waals surface area contributed by atoms with Crippen molar-refractivity contribution in [2.24, 2.45) is 0 Å². The van der Waals surface area contributed by atoms with Gasteiger partial charge in [-0.2, -0.15) is 0 Å². The number of aliphatic hydroxyl groups is 2. The van der Waals surface area contributed by atoms with E-state index in [9.17, 15) is 0 Å². The van der Waals surface area contributed by atoms with E-state index in [0.717, 1.165) is 13.8 Å². The summed E-state index contributed by atoms with van der Waals surface area (Å²) in [6.45, 7) is 3.44. The topological polar surface area (TPSA) is 115 Å². The molecule has 0 fully saturated rings. The summed E-state index contributed by atoms with van der Waals surface area (Å²) in [5.41, 5.74) is 0. The summed E-state index contributed by atoms with van der Waals surface area (Å²) in [6, 6.07) is 0. The fourth-order valence-electron chi connectivity index (χ4n) is 0. The van der Waals surface area contributed by atoms with Crippen molar-refractivity contribution in [3.63, 3.8) is 0 Å². The second kappa shape index (κ2) is 12.5. The van der Waals surface area contributed by atoms with Gasteiger partial charge in [-0.25, -0.2) is 0 Å². The minimum atomic E-state index is -1.17. The Morgan fingerprint density at radius 2 is 1.00 bits per heavy atom. The third-order valence-electron chi connectivity index (χ3n) is 0. The first-order chi connectivity index (χ1) is 5.20. The van der Waals surface area contributed by atoms with E-state index in [0.29, 0.717) is 0 Å². The number of aliphatic hydroxyl groups excluding tert-OH is 1. The molecule has 0 rings (SSSR count). The number of carbonyl (C=O) groups is 2. The van der Waals surface area contributed by atoms with Crippen molar-refractivity contribution in [1.29, 1.82) is 0 Å². The number of carboxylic acids is 2. The van der Waals surface area contributed by atoms with Crippen LogP contribution in [0.2, 0.25) is 0 Å². The number of hydrogen-bond donors (Lipinski definition) is 4. The molecule has 4 N–H and O–H groups in total. The molecule has 0 aromatic carbocycles. The predicted molar refractivity (Wildman–Crippen MR) is 40.5 cm³/mol. The molecule has 74 valence electrons. The van der Waals surface area contributed by atoms with Gasteiger partial charge in [-0.05, 0) is 6.92 Å². The molecule has 6 nitrogen and oxygen atoms in total. The Bertz CT molecular complexity index is 96.5. The molecular weight excluding hydrogens is 168 g/mol. The Labute approximate surface area is 70.1 Å². The van der Waals surface area contributed by atoms with Gasteiger partial charge < -0.3 is 20.4 Å². The van der Waals surface area contributed by atoms with Gasteiger partial charge in [-0.1, -0.05) is 0 Å². The van der Waals surface area contributed by atoms with Gasteiger partial charge in [0.25, 0.3) is 11.9 Å². The van der Waals surface area contributed by atoms with Crippen LogP contribution in [0, 0.1) is 0 Å². The van der Waals surface area contributed by atoms with E-state index >= 15 is 0 Å². The van der Waals surface area contributed by atoms with Crippen LogP contribution in [0.1, 0.15) is 20.8 Å². The van der Waals surface area contributed by atoms with Gasteiger partial charge in [-0.15, -0.1) is 0 Å². The lowest BCUT2D eigenvalue weighted by Gasteiger charge is -1.80. The summed E-state index contributed by atoms with van der Waals surface area (Å²) < 4.78 is 0. The highest BCUT2D eigenvalue weighted by Crippen LogP contribution is 1.57. The van der Waals surface area contributed by atoms with E-state index in [4.69, 9.17) is 30.0 Å². The second-order valence-electron chi connectivity index (χ2n) is 1.67.